The second kappa shape index (κ2) is 5.18. The molecule has 0 saturated carbocycles. The van der Waals surface area contributed by atoms with Gasteiger partial charge < -0.3 is 9.84 Å². The molecule has 90 valence electrons. The highest BCUT2D eigenvalue weighted by Gasteiger charge is 2.40. The molecule has 0 bridgehead atoms. The Labute approximate surface area is 89.0 Å². The highest BCUT2D eigenvalue weighted by molar-refractivity contribution is 4.81. The van der Waals surface area contributed by atoms with E-state index >= 15 is 0 Å². The van der Waals surface area contributed by atoms with Crippen LogP contribution in [0.1, 0.15) is 20.3 Å². The highest BCUT2D eigenvalue weighted by Crippen LogP contribution is 2.27. The van der Waals surface area contributed by atoms with E-state index in [1.807, 2.05) is 0 Å². The molecular formula is C10H19F2NO2. The maximum absolute atomic E-state index is 13.3. The Balaban J connectivity index is 2.27. The van der Waals surface area contributed by atoms with E-state index in [0.29, 0.717) is 19.5 Å². The number of ether oxygens (including phenoxy) is 1. The minimum Gasteiger partial charge on any atom is -0.390 e. The predicted octanol–water partition coefficient (Wildman–Crippen LogP) is 1.32. The summed E-state index contributed by atoms with van der Waals surface area (Å²) in [5, 5.41) is 9.02. The summed E-state index contributed by atoms with van der Waals surface area (Å²) in [4.78, 5) is 1.80. The van der Waals surface area contributed by atoms with Gasteiger partial charge >= 0.3 is 6.11 Å². The van der Waals surface area contributed by atoms with Crippen molar-refractivity contribution in [2.45, 2.75) is 32.5 Å². The van der Waals surface area contributed by atoms with Crippen molar-refractivity contribution < 1.29 is 18.6 Å². The molecule has 1 atom stereocenters. The number of rotatable bonds is 6. The van der Waals surface area contributed by atoms with Gasteiger partial charge in [0.2, 0.25) is 0 Å². The fourth-order valence-corrected chi connectivity index (χ4v) is 1.57. The molecule has 0 aromatic rings. The minimum atomic E-state index is -3.06. The van der Waals surface area contributed by atoms with E-state index < -0.39 is 12.0 Å². The van der Waals surface area contributed by atoms with Gasteiger partial charge in [-0.2, -0.15) is 8.78 Å². The molecule has 3 nitrogen and oxygen atoms in total. The maximum Gasteiger partial charge on any atom is 0.359 e. The molecule has 15 heavy (non-hydrogen) atoms. The zero-order valence-electron chi connectivity index (χ0n) is 9.25. The molecule has 1 saturated heterocycles. The quantitative estimate of drug-likeness (QED) is 0.737. The summed E-state index contributed by atoms with van der Waals surface area (Å²) < 4.78 is 31.1. The van der Waals surface area contributed by atoms with Crippen LogP contribution in [0.3, 0.4) is 0 Å². The van der Waals surface area contributed by atoms with Crippen LogP contribution in [0.4, 0.5) is 8.78 Å². The Bertz CT molecular complexity index is 196. The van der Waals surface area contributed by atoms with Gasteiger partial charge in [-0.25, -0.2) is 0 Å². The number of likely N-dealkylation sites (tertiary alicyclic amines) is 1. The molecule has 1 aliphatic rings. The molecule has 0 radical (unpaired) electrons. The third-order valence-electron chi connectivity index (χ3n) is 2.54. The molecular weight excluding hydrogens is 204 g/mol. The molecule has 1 unspecified atom stereocenters. The highest BCUT2D eigenvalue weighted by atomic mass is 19.3. The second-order valence-corrected chi connectivity index (χ2v) is 4.18. The van der Waals surface area contributed by atoms with Crippen molar-refractivity contribution in [2.75, 3.05) is 26.2 Å². The monoisotopic (exact) mass is 223 g/mol. The number of alkyl halides is 2. The van der Waals surface area contributed by atoms with Crippen LogP contribution in [0, 0.1) is 5.92 Å². The number of hydrogen-bond donors (Lipinski definition) is 1. The molecule has 0 spiro atoms. The van der Waals surface area contributed by atoms with Crippen LogP contribution in [0.5, 0.6) is 0 Å². The van der Waals surface area contributed by atoms with Crippen molar-refractivity contribution in [3.8, 4) is 0 Å². The second-order valence-electron chi connectivity index (χ2n) is 4.18. The lowest BCUT2D eigenvalue weighted by Gasteiger charge is -2.38. The Hall–Kier alpha value is -0.260. The smallest absolute Gasteiger partial charge is 0.359 e. The van der Waals surface area contributed by atoms with Crippen LogP contribution < -0.4 is 0 Å². The Morgan fingerprint density at radius 3 is 2.60 bits per heavy atom. The van der Waals surface area contributed by atoms with Crippen LogP contribution in [0.25, 0.3) is 0 Å². The van der Waals surface area contributed by atoms with Gasteiger partial charge in [0.15, 0.2) is 0 Å². The van der Waals surface area contributed by atoms with Crippen molar-refractivity contribution in [2.24, 2.45) is 5.92 Å². The standard InChI is InChI=1S/C10H19F2NO2/c1-3-4-15-10(11,12)8(2)5-13-6-9(14)7-13/h8-9,14H,3-7H2,1-2H3. The summed E-state index contributed by atoms with van der Waals surface area (Å²) >= 11 is 0. The number of β-amino-alcohol motifs (C(OH)–C–C–N with tert-alkyl or cyclic N) is 1. The lowest BCUT2D eigenvalue weighted by atomic mass is 10.1. The van der Waals surface area contributed by atoms with E-state index in [2.05, 4.69) is 4.74 Å². The van der Waals surface area contributed by atoms with E-state index in [0.717, 1.165) is 0 Å². The van der Waals surface area contributed by atoms with Crippen LogP contribution in [0.15, 0.2) is 0 Å². The lowest BCUT2D eigenvalue weighted by Crippen LogP contribution is -2.53. The fourth-order valence-electron chi connectivity index (χ4n) is 1.57. The summed E-state index contributed by atoms with van der Waals surface area (Å²) in [5.74, 6) is -0.837. The Morgan fingerprint density at radius 2 is 2.13 bits per heavy atom. The molecule has 0 amide bonds. The van der Waals surface area contributed by atoms with Crippen molar-refractivity contribution in [3.05, 3.63) is 0 Å². The zero-order chi connectivity index (χ0) is 11.5. The van der Waals surface area contributed by atoms with Crippen LogP contribution >= 0.6 is 0 Å². The largest absolute Gasteiger partial charge is 0.390 e. The summed E-state index contributed by atoms with van der Waals surface area (Å²) in [6.45, 7) is 4.61. The van der Waals surface area contributed by atoms with Crippen molar-refractivity contribution in [1.82, 2.24) is 4.90 Å². The molecule has 1 rings (SSSR count). The first kappa shape index (κ1) is 12.8. The van der Waals surface area contributed by atoms with Gasteiger partial charge in [-0.1, -0.05) is 13.8 Å². The van der Waals surface area contributed by atoms with E-state index in [9.17, 15) is 8.78 Å². The summed E-state index contributed by atoms with van der Waals surface area (Å²) in [5.41, 5.74) is 0. The normalized spacial score (nSPS) is 21.4. The van der Waals surface area contributed by atoms with Gasteiger partial charge in [-0.05, 0) is 6.42 Å². The molecule has 0 aliphatic carbocycles. The van der Waals surface area contributed by atoms with E-state index in [1.54, 1.807) is 11.8 Å². The SMILES string of the molecule is CCCOC(F)(F)C(C)CN1CC(O)C1. The van der Waals surface area contributed by atoms with E-state index in [4.69, 9.17) is 5.11 Å². The molecule has 0 aromatic carbocycles. The number of hydrogen-bond acceptors (Lipinski definition) is 3. The third kappa shape index (κ3) is 3.66. The molecule has 1 N–H and O–H groups in total. The van der Waals surface area contributed by atoms with Crippen LogP contribution in [-0.4, -0.2) is 48.5 Å². The summed E-state index contributed by atoms with van der Waals surface area (Å²) in [6, 6.07) is 0. The first-order chi connectivity index (χ1) is 6.95. The average Bonchev–Trinajstić information content (AvgIpc) is 2.12. The van der Waals surface area contributed by atoms with Crippen molar-refractivity contribution in [3.63, 3.8) is 0 Å². The third-order valence-corrected chi connectivity index (χ3v) is 2.54. The van der Waals surface area contributed by atoms with Gasteiger partial charge in [0.05, 0.1) is 18.6 Å². The number of nitrogens with zero attached hydrogens (tertiary/aromatic N) is 1. The molecule has 5 heteroatoms. The van der Waals surface area contributed by atoms with Gasteiger partial charge in [0.1, 0.15) is 0 Å². The minimum absolute atomic E-state index is 0.0833. The molecule has 1 fully saturated rings. The molecule has 1 heterocycles. The topological polar surface area (TPSA) is 32.7 Å². The summed E-state index contributed by atoms with van der Waals surface area (Å²) in [6.07, 6.45) is -2.82. The Morgan fingerprint density at radius 1 is 1.53 bits per heavy atom. The lowest BCUT2D eigenvalue weighted by molar-refractivity contribution is -0.272. The summed E-state index contributed by atoms with van der Waals surface area (Å²) in [7, 11) is 0. The molecule has 1 aliphatic heterocycles. The van der Waals surface area contributed by atoms with E-state index in [1.165, 1.54) is 6.92 Å². The zero-order valence-corrected chi connectivity index (χ0v) is 9.25. The fraction of sp³-hybridized carbons (Fsp3) is 1.00. The van der Waals surface area contributed by atoms with Gasteiger partial charge in [0.25, 0.3) is 0 Å². The number of halogens is 2. The molecule has 0 aromatic heterocycles. The van der Waals surface area contributed by atoms with Gasteiger partial charge in [-0.15, -0.1) is 0 Å². The van der Waals surface area contributed by atoms with Gasteiger partial charge in [-0.3, -0.25) is 4.90 Å². The van der Waals surface area contributed by atoms with Crippen LogP contribution in [-0.2, 0) is 4.74 Å². The first-order valence-electron chi connectivity index (χ1n) is 5.38. The number of aliphatic hydroxyl groups excluding tert-OH is 1. The number of aliphatic hydroxyl groups is 1. The maximum atomic E-state index is 13.3. The van der Waals surface area contributed by atoms with Crippen LogP contribution in [0.2, 0.25) is 0 Å². The van der Waals surface area contributed by atoms with Gasteiger partial charge in [0, 0.05) is 19.6 Å². The first-order valence-corrected chi connectivity index (χ1v) is 5.38. The average molecular weight is 223 g/mol. The Kier molecular flexibility index (Phi) is 4.43. The predicted molar refractivity (Wildman–Crippen MR) is 52.8 cm³/mol. The van der Waals surface area contributed by atoms with Crippen molar-refractivity contribution >= 4 is 0 Å². The van der Waals surface area contributed by atoms with E-state index in [-0.39, 0.29) is 19.3 Å². The van der Waals surface area contributed by atoms with Crippen molar-refractivity contribution in [1.29, 1.82) is 0 Å².